The minimum atomic E-state index is -0.459. The lowest BCUT2D eigenvalue weighted by Crippen LogP contribution is -2.46. The Morgan fingerprint density at radius 3 is 2.65 bits per heavy atom. The SMILES string of the molecule is Fc1ccc(F)c2c1CC1(CCOCC1)C(=NCc1cccc(Cl)c1)N2. The molecular weight excluding hydrogens is 358 g/mol. The molecular formula is C20H19ClF2N2O. The fraction of sp³-hybridized carbons (Fsp3) is 0.350. The van der Waals surface area contributed by atoms with Gasteiger partial charge < -0.3 is 10.1 Å². The molecule has 1 spiro atoms. The van der Waals surface area contributed by atoms with Crippen LogP contribution in [-0.2, 0) is 17.7 Å². The standard InChI is InChI=1S/C20H19ClF2N2O/c21-14-3-1-2-13(10-14)12-24-19-20(6-8-26-9-7-20)11-15-16(22)4-5-17(23)18(15)25-19/h1-5,10H,6-9,11-12H2,(H,24,25). The van der Waals surface area contributed by atoms with Crippen LogP contribution < -0.4 is 5.32 Å². The Balaban J connectivity index is 1.72. The third kappa shape index (κ3) is 3.21. The fourth-order valence-electron chi connectivity index (χ4n) is 3.76. The number of hydrogen-bond acceptors (Lipinski definition) is 2. The first kappa shape index (κ1) is 17.4. The van der Waals surface area contributed by atoms with Gasteiger partial charge in [-0.15, -0.1) is 0 Å². The summed E-state index contributed by atoms with van der Waals surface area (Å²) in [5, 5.41) is 3.75. The number of ether oxygens (including phenoxy) is 1. The molecule has 136 valence electrons. The average molecular weight is 377 g/mol. The Kier molecular flexibility index (Phi) is 4.67. The number of halogens is 3. The summed E-state index contributed by atoms with van der Waals surface area (Å²) in [7, 11) is 0. The third-order valence-corrected chi connectivity index (χ3v) is 5.46. The summed E-state index contributed by atoms with van der Waals surface area (Å²) in [5.41, 5.74) is 1.22. The maximum atomic E-state index is 14.3. The number of nitrogens with zero attached hydrogens (tertiary/aromatic N) is 1. The Hall–Kier alpha value is -1.98. The first-order chi connectivity index (χ1) is 12.6. The Bertz CT molecular complexity index is 863. The quantitative estimate of drug-likeness (QED) is 0.801. The number of rotatable bonds is 2. The fourth-order valence-corrected chi connectivity index (χ4v) is 3.98. The second kappa shape index (κ2) is 6.97. The van der Waals surface area contributed by atoms with Gasteiger partial charge in [0.15, 0.2) is 0 Å². The first-order valence-corrected chi connectivity index (χ1v) is 9.06. The lowest BCUT2D eigenvalue weighted by Gasteiger charge is -2.42. The molecule has 0 bridgehead atoms. The predicted octanol–water partition coefficient (Wildman–Crippen LogP) is 4.98. The summed E-state index contributed by atoms with van der Waals surface area (Å²) in [6.07, 6.45) is 1.88. The van der Waals surface area contributed by atoms with Crippen molar-refractivity contribution in [3.63, 3.8) is 0 Å². The molecule has 1 saturated heterocycles. The average Bonchev–Trinajstić information content (AvgIpc) is 2.64. The number of aliphatic imine (C=N–C) groups is 1. The normalized spacial score (nSPS) is 20.0. The minimum absolute atomic E-state index is 0.201. The summed E-state index contributed by atoms with van der Waals surface area (Å²) in [4.78, 5) is 4.74. The Morgan fingerprint density at radius 1 is 1.12 bits per heavy atom. The third-order valence-electron chi connectivity index (χ3n) is 5.22. The van der Waals surface area contributed by atoms with Gasteiger partial charge in [0, 0.05) is 29.2 Å². The monoisotopic (exact) mass is 376 g/mol. The summed E-state index contributed by atoms with van der Waals surface area (Å²) in [6, 6.07) is 9.84. The largest absolute Gasteiger partial charge is 0.381 e. The zero-order valence-electron chi connectivity index (χ0n) is 14.2. The van der Waals surface area contributed by atoms with Crippen LogP contribution in [0.15, 0.2) is 41.4 Å². The van der Waals surface area contributed by atoms with Crippen molar-refractivity contribution in [3.8, 4) is 0 Å². The van der Waals surface area contributed by atoms with E-state index < -0.39 is 5.82 Å². The van der Waals surface area contributed by atoms with Crippen molar-refractivity contribution in [2.24, 2.45) is 10.4 Å². The van der Waals surface area contributed by atoms with Crippen molar-refractivity contribution in [1.29, 1.82) is 0 Å². The molecule has 6 heteroatoms. The highest BCUT2D eigenvalue weighted by atomic mass is 35.5. The van der Waals surface area contributed by atoms with E-state index >= 15 is 0 Å². The molecule has 0 aliphatic carbocycles. The zero-order chi connectivity index (χ0) is 18.1. The molecule has 0 radical (unpaired) electrons. The second-order valence-corrected chi connectivity index (χ2v) is 7.31. The highest BCUT2D eigenvalue weighted by molar-refractivity contribution is 6.30. The maximum Gasteiger partial charge on any atom is 0.147 e. The van der Waals surface area contributed by atoms with Crippen LogP contribution in [0.1, 0.15) is 24.0 Å². The summed E-state index contributed by atoms with van der Waals surface area (Å²) >= 11 is 6.04. The number of amidine groups is 1. The summed E-state index contributed by atoms with van der Waals surface area (Å²) in [6.45, 7) is 1.60. The van der Waals surface area contributed by atoms with Gasteiger partial charge in [-0.3, -0.25) is 4.99 Å². The van der Waals surface area contributed by atoms with Crippen LogP contribution in [0.4, 0.5) is 14.5 Å². The Labute approximate surface area is 156 Å². The van der Waals surface area contributed by atoms with Crippen molar-refractivity contribution in [2.75, 3.05) is 18.5 Å². The zero-order valence-corrected chi connectivity index (χ0v) is 15.0. The van der Waals surface area contributed by atoms with Crippen LogP contribution >= 0.6 is 11.6 Å². The molecule has 2 aliphatic heterocycles. The molecule has 0 unspecified atom stereocenters. The molecule has 2 aliphatic rings. The molecule has 3 nitrogen and oxygen atoms in total. The van der Waals surface area contributed by atoms with E-state index in [1.54, 1.807) is 0 Å². The summed E-state index contributed by atoms with van der Waals surface area (Å²) < 4.78 is 34.1. The van der Waals surface area contributed by atoms with E-state index in [1.165, 1.54) is 6.07 Å². The molecule has 1 fully saturated rings. The topological polar surface area (TPSA) is 33.6 Å². The summed E-state index contributed by atoms with van der Waals surface area (Å²) in [5.74, 6) is -0.134. The highest BCUT2D eigenvalue weighted by Gasteiger charge is 2.43. The lowest BCUT2D eigenvalue weighted by atomic mass is 9.71. The van der Waals surface area contributed by atoms with Crippen molar-refractivity contribution < 1.29 is 13.5 Å². The van der Waals surface area contributed by atoms with E-state index in [4.69, 9.17) is 21.3 Å². The van der Waals surface area contributed by atoms with Crippen LogP contribution in [0.25, 0.3) is 0 Å². The molecule has 0 amide bonds. The van der Waals surface area contributed by atoms with E-state index in [9.17, 15) is 8.78 Å². The van der Waals surface area contributed by atoms with Crippen LogP contribution in [0.5, 0.6) is 0 Å². The molecule has 1 N–H and O–H groups in total. The van der Waals surface area contributed by atoms with E-state index in [1.807, 2.05) is 24.3 Å². The molecule has 26 heavy (non-hydrogen) atoms. The van der Waals surface area contributed by atoms with Gasteiger partial charge in [0.2, 0.25) is 0 Å². The predicted molar refractivity (Wildman–Crippen MR) is 98.8 cm³/mol. The van der Waals surface area contributed by atoms with Crippen molar-refractivity contribution in [3.05, 3.63) is 64.2 Å². The highest BCUT2D eigenvalue weighted by Crippen LogP contribution is 2.43. The van der Waals surface area contributed by atoms with Crippen LogP contribution in [-0.4, -0.2) is 19.0 Å². The second-order valence-electron chi connectivity index (χ2n) is 6.87. The van der Waals surface area contributed by atoms with Gasteiger partial charge in [0.25, 0.3) is 0 Å². The van der Waals surface area contributed by atoms with Crippen LogP contribution in [0, 0.1) is 17.0 Å². The van der Waals surface area contributed by atoms with Crippen molar-refractivity contribution in [1.82, 2.24) is 0 Å². The molecule has 4 rings (SSSR count). The van der Waals surface area contributed by atoms with Gasteiger partial charge in [-0.2, -0.15) is 0 Å². The number of anilines is 1. The Morgan fingerprint density at radius 2 is 1.88 bits per heavy atom. The number of hydrogen-bond donors (Lipinski definition) is 1. The van der Waals surface area contributed by atoms with E-state index in [0.717, 1.165) is 24.5 Å². The minimum Gasteiger partial charge on any atom is -0.381 e. The van der Waals surface area contributed by atoms with Gasteiger partial charge in [-0.25, -0.2) is 8.78 Å². The van der Waals surface area contributed by atoms with Crippen LogP contribution in [0.2, 0.25) is 5.02 Å². The van der Waals surface area contributed by atoms with Gasteiger partial charge in [-0.05, 0) is 49.1 Å². The van der Waals surface area contributed by atoms with Gasteiger partial charge in [0.05, 0.1) is 12.2 Å². The molecule has 2 aromatic carbocycles. The van der Waals surface area contributed by atoms with Gasteiger partial charge in [-0.1, -0.05) is 23.7 Å². The smallest absolute Gasteiger partial charge is 0.147 e. The van der Waals surface area contributed by atoms with E-state index in [2.05, 4.69) is 5.32 Å². The van der Waals surface area contributed by atoms with Crippen molar-refractivity contribution in [2.45, 2.75) is 25.8 Å². The van der Waals surface area contributed by atoms with E-state index in [-0.39, 0.29) is 16.9 Å². The number of benzene rings is 2. The van der Waals surface area contributed by atoms with Crippen molar-refractivity contribution >= 4 is 23.1 Å². The molecule has 2 heterocycles. The van der Waals surface area contributed by atoms with Gasteiger partial charge >= 0.3 is 0 Å². The van der Waals surface area contributed by atoms with Crippen LogP contribution in [0.3, 0.4) is 0 Å². The van der Waals surface area contributed by atoms with Gasteiger partial charge in [0.1, 0.15) is 17.5 Å². The first-order valence-electron chi connectivity index (χ1n) is 8.68. The number of fused-ring (bicyclic) bond motifs is 1. The molecule has 0 aromatic heterocycles. The number of nitrogens with one attached hydrogen (secondary N) is 1. The molecule has 0 atom stereocenters. The maximum absolute atomic E-state index is 14.3. The van der Waals surface area contributed by atoms with E-state index in [0.29, 0.717) is 42.6 Å². The molecule has 2 aromatic rings. The molecule has 0 saturated carbocycles. The lowest BCUT2D eigenvalue weighted by molar-refractivity contribution is 0.0445.